The number of benzene rings is 2. The molecule has 0 atom stereocenters. The van der Waals surface area contributed by atoms with Gasteiger partial charge in [0.15, 0.2) is 0 Å². The van der Waals surface area contributed by atoms with Crippen LogP contribution in [0.5, 0.6) is 5.75 Å². The SMILES string of the molecule is CCCNc1ccccc1C(=O)NCc1ccc(O)cc1. The largest absolute Gasteiger partial charge is 0.508 e. The van der Waals surface area contributed by atoms with Crippen LogP contribution in [0.15, 0.2) is 48.5 Å². The van der Waals surface area contributed by atoms with Crippen molar-refractivity contribution in [3.8, 4) is 5.75 Å². The van der Waals surface area contributed by atoms with E-state index in [0.29, 0.717) is 12.1 Å². The van der Waals surface area contributed by atoms with Crippen LogP contribution in [0.4, 0.5) is 5.69 Å². The quantitative estimate of drug-likeness (QED) is 0.763. The van der Waals surface area contributed by atoms with Crippen molar-refractivity contribution in [2.75, 3.05) is 11.9 Å². The molecule has 0 unspecified atom stereocenters. The number of phenols is 1. The smallest absolute Gasteiger partial charge is 0.253 e. The van der Waals surface area contributed by atoms with Gasteiger partial charge in [0.25, 0.3) is 5.91 Å². The van der Waals surface area contributed by atoms with Crippen molar-refractivity contribution < 1.29 is 9.90 Å². The second-order valence-corrected chi connectivity index (χ2v) is 4.82. The number of phenolic OH excluding ortho intramolecular Hbond substituents is 1. The van der Waals surface area contributed by atoms with Crippen LogP contribution in [-0.2, 0) is 6.54 Å². The Morgan fingerprint density at radius 2 is 1.81 bits per heavy atom. The number of nitrogens with one attached hydrogen (secondary N) is 2. The maximum atomic E-state index is 12.3. The van der Waals surface area contributed by atoms with Gasteiger partial charge in [-0.2, -0.15) is 0 Å². The van der Waals surface area contributed by atoms with E-state index < -0.39 is 0 Å². The summed E-state index contributed by atoms with van der Waals surface area (Å²) >= 11 is 0. The summed E-state index contributed by atoms with van der Waals surface area (Å²) in [6.07, 6.45) is 1.00. The van der Waals surface area contributed by atoms with Crippen LogP contribution in [0.25, 0.3) is 0 Å². The molecule has 0 aliphatic carbocycles. The van der Waals surface area contributed by atoms with E-state index in [4.69, 9.17) is 0 Å². The number of hydrogen-bond donors (Lipinski definition) is 3. The van der Waals surface area contributed by atoms with Crippen LogP contribution in [0.3, 0.4) is 0 Å². The highest BCUT2D eigenvalue weighted by molar-refractivity contribution is 5.99. The minimum absolute atomic E-state index is 0.109. The molecule has 2 aromatic rings. The molecule has 4 nitrogen and oxygen atoms in total. The summed E-state index contributed by atoms with van der Waals surface area (Å²) < 4.78 is 0. The fourth-order valence-corrected chi connectivity index (χ4v) is 1.99. The maximum Gasteiger partial charge on any atom is 0.253 e. The highest BCUT2D eigenvalue weighted by atomic mass is 16.3. The van der Waals surface area contributed by atoms with Gasteiger partial charge in [0.1, 0.15) is 5.75 Å². The van der Waals surface area contributed by atoms with Gasteiger partial charge in [-0.25, -0.2) is 0 Å². The summed E-state index contributed by atoms with van der Waals surface area (Å²) in [6.45, 7) is 3.35. The first kappa shape index (κ1) is 14.9. The standard InChI is InChI=1S/C17H20N2O2/c1-2-11-18-16-6-4-3-5-15(16)17(21)19-12-13-7-9-14(20)10-8-13/h3-10,18,20H,2,11-12H2,1H3,(H,19,21). The molecule has 1 amide bonds. The first-order valence-electron chi connectivity index (χ1n) is 7.09. The molecule has 21 heavy (non-hydrogen) atoms. The van der Waals surface area contributed by atoms with Crippen molar-refractivity contribution in [3.63, 3.8) is 0 Å². The van der Waals surface area contributed by atoms with Gasteiger partial charge < -0.3 is 15.7 Å². The summed E-state index contributed by atoms with van der Waals surface area (Å²) in [5.74, 6) is 0.112. The second kappa shape index (κ2) is 7.33. The van der Waals surface area contributed by atoms with E-state index in [9.17, 15) is 9.90 Å². The Hall–Kier alpha value is -2.49. The molecule has 3 N–H and O–H groups in total. The predicted octanol–water partition coefficient (Wildman–Crippen LogP) is 3.14. The third-order valence-electron chi connectivity index (χ3n) is 3.13. The normalized spacial score (nSPS) is 10.1. The van der Waals surface area contributed by atoms with Crippen molar-refractivity contribution in [1.29, 1.82) is 0 Å². The van der Waals surface area contributed by atoms with Crippen molar-refractivity contribution >= 4 is 11.6 Å². The molecule has 110 valence electrons. The average molecular weight is 284 g/mol. The Morgan fingerprint density at radius 1 is 1.10 bits per heavy atom. The summed E-state index contributed by atoms with van der Waals surface area (Å²) in [7, 11) is 0. The minimum Gasteiger partial charge on any atom is -0.508 e. The molecule has 0 aliphatic heterocycles. The monoisotopic (exact) mass is 284 g/mol. The zero-order valence-corrected chi connectivity index (χ0v) is 12.1. The average Bonchev–Trinajstić information content (AvgIpc) is 2.52. The predicted molar refractivity (Wildman–Crippen MR) is 84.5 cm³/mol. The van der Waals surface area contributed by atoms with E-state index in [1.165, 1.54) is 0 Å². The minimum atomic E-state index is -0.109. The Balaban J connectivity index is 2.01. The van der Waals surface area contributed by atoms with E-state index in [1.807, 2.05) is 24.3 Å². The first-order valence-corrected chi connectivity index (χ1v) is 7.09. The Kier molecular flexibility index (Phi) is 5.21. The van der Waals surface area contributed by atoms with Gasteiger partial charge >= 0.3 is 0 Å². The third-order valence-corrected chi connectivity index (χ3v) is 3.13. The fraction of sp³-hybridized carbons (Fsp3) is 0.235. The fourth-order valence-electron chi connectivity index (χ4n) is 1.99. The molecule has 0 aliphatic rings. The maximum absolute atomic E-state index is 12.3. The third kappa shape index (κ3) is 4.24. The summed E-state index contributed by atoms with van der Waals surface area (Å²) in [5.41, 5.74) is 2.44. The Morgan fingerprint density at radius 3 is 2.52 bits per heavy atom. The topological polar surface area (TPSA) is 61.4 Å². The van der Waals surface area contributed by atoms with Crippen LogP contribution in [0, 0.1) is 0 Å². The number of para-hydroxylation sites is 1. The summed E-state index contributed by atoms with van der Waals surface area (Å²) in [4.78, 5) is 12.3. The van der Waals surface area contributed by atoms with Crippen LogP contribution in [0.2, 0.25) is 0 Å². The zero-order chi connectivity index (χ0) is 15.1. The molecule has 0 saturated carbocycles. The molecule has 0 fully saturated rings. The van der Waals surface area contributed by atoms with Crippen LogP contribution < -0.4 is 10.6 Å². The van der Waals surface area contributed by atoms with E-state index in [-0.39, 0.29) is 11.7 Å². The number of amides is 1. The van der Waals surface area contributed by atoms with Gasteiger partial charge in [0.2, 0.25) is 0 Å². The number of hydrogen-bond acceptors (Lipinski definition) is 3. The zero-order valence-electron chi connectivity index (χ0n) is 12.1. The summed E-state index contributed by atoms with van der Waals surface area (Å²) in [6, 6.07) is 14.3. The molecule has 0 bridgehead atoms. The molecule has 4 heteroatoms. The first-order chi connectivity index (χ1) is 10.2. The Labute approximate surface area is 124 Å². The molecule has 0 aromatic heterocycles. The van der Waals surface area contributed by atoms with E-state index in [2.05, 4.69) is 17.6 Å². The van der Waals surface area contributed by atoms with Gasteiger partial charge in [-0.05, 0) is 36.2 Å². The number of carbonyl (C=O) groups excluding carboxylic acids is 1. The molecular formula is C17H20N2O2. The van der Waals surface area contributed by atoms with Crippen LogP contribution in [0.1, 0.15) is 29.3 Å². The van der Waals surface area contributed by atoms with E-state index in [1.54, 1.807) is 24.3 Å². The molecule has 0 heterocycles. The van der Waals surface area contributed by atoms with Crippen molar-refractivity contribution in [2.24, 2.45) is 0 Å². The lowest BCUT2D eigenvalue weighted by Crippen LogP contribution is -2.24. The number of rotatable bonds is 6. The van der Waals surface area contributed by atoms with Crippen LogP contribution in [-0.4, -0.2) is 17.6 Å². The molecule has 0 spiro atoms. The lowest BCUT2D eigenvalue weighted by atomic mass is 10.1. The summed E-state index contributed by atoms with van der Waals surface area (Å²) in [5, 5.41) is 15.4. The number of anilines is 1. The van der Waals surface area contributed by atoms with Crippen LogP contribution >= 0.6 is 0 Å². The molecule has 2 rings (SSSR count). The highest BCUT2D eigenvalue weighted by Gasteiger charge is 2.10. The molecule has 2 aromatic carbocycles. The molecular weight excluding hydrogens is 264 g/mol. The van der Waals surface area contributed by atoms with Gasteiger partial charge in [0.05, 0.1) is 5.56 Å². The van der Waals surface area contributed by atoms with E-state index >= 15 is 0 Å². The highest BCUT2D eigenvalue weighted by Crippen LogP contribution is 2.15. The van der Waals surface area contributed by atoms with Gasteiger partial charge in [-0.15, -0.1) is 0 Å². The van der Waals surface area contributed by atoms with Gasteiger partial charge in [0, 0.05) is 18.8 Å². The Bertz CT molecular complexity index is 594. The van der Waals surface area contributed by atoms with Crippen molar-refractivity contribution in [3.05, 3.63) is 59.7 Å². The lowest BCUT2D eigenvalue weighted by molar-refractivity contribution is 0.0951. The van der Waals surface area contributed by atoms with Crippen molar-refractivity contribution in [2.45, 2.75) is 19.9 Å². The van der Waals surface area contributed by atoms with Crippen molar-refractivity contribution in [1.82, 2.24) is 5.32 Å². The lowest BCUT2D eigenvalue weighted by Gasteiger charge is -2.11. The number of aromatic hydroxyl groups is 1. The molecule has 0 radical (unpaired) electrons. The number of carbonyl (C=O) groups is 1. The van der Waals surface area contributed by atoms with E-state index in [0.717, 1.165) is 24.2 Å². The van der Waals surface area contributed by atoms with Gasteiger partial charge in [-0.1, -0.05) is 31.2 Å². The second-order valence-electron chi connectivity index (χ2n) is 4.82. The molecule has 0 saturated heterocycles. The van der Waals surface area contributed by atoms with Gasteiger partial charge in [-0.3, -0.25) is 4.79 Å².